The summed E-state index contributed by atoms with van der Waals surface area (Å²) < 4.78 is 39.6. The molecule has 0 amide bonds. The summed E-state index contributed by atoms with van der Waals surface area (Å²) in [7, 11) is -0.799. The van der Waals surface area contributed by atoms with Gasteiger partial charge in [0.2, 0.25) is 0 Å². The molecule has 1 aromatic carbocycles. The minimum absolute atomic E-state index is 0.0326. The van der Waals surface area contributed by atoms with Crippen LogP contribution in [0, 0.1) is 0 Å². The van der Waals surface area contributed by atoms with Crippen molar-refractivity contribution in [2.75, 3.05) is 18.1 Å². The predicted octanol–water partition coefficient (Wildman–Crippen LogP) is 1.68. The fourth-order valence-electron chi connectivity index (χ4n) is 1.77. The van der Waals surface area contributed by atoms with Crippen molar-refractivity contribution in [1.29, 1.82) is 0 Å². The summed E-state index contributed by atoms with van der Waals surface area (Å²) in [6, 6.07) is 6.47. The number of ether oxygens (including phenoxy) is 1. The number of nitrogens with one attached hydrogen (secondary N) is 1. The lowest BCUT2D eigenvalue weighted by Gasteiger charge is -2.23. The van der Waals surface area contributed by atoms with E-state index in [4.69, 9.17) is 0 Å². The van der Waals surface area contributed by atoms with E-state index in [9.17, 15) is 13.0 Å². The van der Waals surface area contributed by atoms with Gasteiger partial charge in [0.05, 0.1) is 0 Å². The molecule has 0 bridgehead atoms. The molecule has 3 nitrogen and oxygen atoms in total. The monoisotopic (exact) mass is 261 g/mol. The lowest BCUT2D eigenvalue weighted by molar-refractivity contribution is -0.0498. The van der Waals surface area contributed by atoms with Crippen LogP contribution in [0.1, 0.15) is 11.6 Å². The molecule has 1 aromatic rings. The van der Waals surface area contributed by atoms with E-state index in [0.29, 0.717) is 18.1 Å². The van der Waals surface area contributed by atoms with Crippen LogP contribution in [0.4, 0.5) is 8.78 Å². The molecule has 17 heavy (non-hydrogen) atoms. The molecular weight excluding hydrogens is 248 g/mol. The highest BCUT2D eigenvalue weighted by Crippen LogP contribution is 2.21. The fraction of sp³-hybridized carbons (Fsp3) is 0.455. The molecule has 0 spiro atoms. The smallest absolute Gasteiger partial charge is 0.387 e. The average Bonchev–Trinajstić information content (AvgIpc) is 2.29. The number of hydrogen-bond acceptors (Lipinski definition) is 3. The van der Waals surface area contributed by atoms with Crippen LogP contribution in [-0.2, 0) is 10.8 Å². The van der Waals surface area contributed by atoms with Gasteiger partial charge in [-0.1, -0.05) is 12.1 Å². The first-order valence-corrected chi connectivity index (χ1v) is 6.77. The summed E-state index contributed by atoms with van der Waals surface area (Å²) >= 11 is 0. The second kappa shape index (κ2) is 5.55. The highest BCUT2D eigenvalue weighted by Gasteiger charge is 2.19. The molecule has 94 valence electrons. The van der Waals surface area contributed by atoms with Gasteiger partial charge in [0.1, 0.15) is 5.75 Å². The number of rotatable bonds is 3. The molecule has 1 saturated heterocycles. The number of halogens is 2. The number of benzene rings is 1. The van der Waals surface area contributed by atoms with Crippen molar-refractivity contribution < 1.29 is 17.7 Å². The van der Waals surface area contributed by atoms with E-state index in [1.807, 2.05) is 0 Å². The molecule has 0 saturated carbocycles. The first-order chi connectivity index (χ1) is 8.15. The molecule has 0 aliphatic carbocycles. The van der Waals surface area contributed by atoms with E-state index in [2.05, 4.69) is 10.1 Å². The second-order valence-electron chi connectivity index (χ2n) is 3.76. The van der Waals surface area contributed by atoms with Gasteiger partial charge in [0.25, 0.3) is 0 Å². The minimum Gasteiger partial charge on any atom is -0.435 e. The normalized spacial score (nSPS) is 24.9. The molecule has 0 radical (unpaired) electrons. The lowest BCUT2D eigenvalue weighted by atomic mass is 10.1. The van der Waals surface area contributed by atoms with Gasteiger partial charge in [-0.3, -0.25) is 4.21 Å². The predicted molar refractivity (Wildman–Crippen MR) is 61.7 cm³/mol. The molecule has 6 heteroatoms. The summed E-state index contributed by atoms with van der Waals surface area (Å²) in [6.07, 6.45) is 0. The van der Waals surface area contributed by atoms with Crippen LogP contribution in [-0.4, -0.2) is 28.9 Å². The van der Waals surface area contributed by atoms with Crippen LogP contribution in [0.3, 0.4) is 0 Å². The Balaban J connectivity index is 2.04. The standard InChI is InChI=1S/C11H13F2NO2S/c12-11(13)16-9-3-1-8(2-4-9)10-7-17(15)6-5-14-10/h1-4,10-11,14H,5-7H2. The van der Waals surface area contributed by atoms with E-state index in [-0.39, 0.29) is 11.8 Å². The van der Waals surface area contributed by atoms with E-state index in [0.717, 1.165) is 5.56 Å². The molecule has 1 fully saturated rings. The Morgan fingerprint density at radius 2 is 2.06 bits per heavy atom. The van der Waals surface area contributed by atoms with Crippen molar-refractivity contribution >= 4 is 10.8 Å². The zero-order chi connectivity index (χ0) is 12.3. The Morgan fingerprint density at radius 1 is 1.35 bits per heavy atom. The van der Waals surface area contributed by atoms with Crippen molar-refractivity contribution in [3.05, 3.63) is 29.8 Å². The maximum Gasteiger partial charge on any atom is 0.387 e. The van der Waals surface area contributed by atoms with Gasteiger partial charge in [-0.15, -0.1) is 0 Å². The Kier molecular flexibility index (Phi) is 4.06. The van der Waals surface area contributed by atoms with Gasteiger partial charge in [-0.2, -0.15) is 8.78 Å². The maximum absolute atomic E-state index is 12.0. The SMILES string of the molecule is O=S1CCNC(c2ccc(OC(F)F)cc2)C1. The summed E-state index contributed by atoms with van der Waals surface area (Å²) in [6.45, 7) is -2.09. The van der Waals surface area contributed by atoms with Gasteiger partial charge in [-0.05, 0) is 17.7 Å². The Labute approximate surface area is 101 Å². The van der Waals surface area contributed by atoms with Crippen LogP contribution in [0.2, 0.25) is 0 Å². The van der Waals surface area contributed by atoms with Crippen molar-refractivity contribution in [3.8, 4) is 5.75 Å². The number of alkyl halides is 2. The van der Waals surface area contributed by atoms with Gasteiger partial charge in [0, 0.05) is 34.9 Å². The van der Waals surface area contributed by atoms with E-state index >= 15 is 0 Å². The molecule has 2 rings (SSSR count). The highest BCUT2D eigenvalue weighted by molar-refractivity contribution is 7.85. The van der Waals surface area contributed by atoms with Gasteiger partial charge >= 0.3 is 6.61 Å². The Bertz CT molecular complexity index is 397. The third kappa shape index (κ3) is 3.47. The summed E-state index contributed by atoms with van der Waals surface area (Å²) in [5, 5.41) is 3.24. The molecule has 2 atom stereocenters. The maximum atomic E-state index is 12.0. The third-order valence-electron chi connectivity index (χ3n) is 2.58. The zero-order valence-electron chi connectivity index (χ0n) is 9.07. The first-order valence-electron chi connectivity index (χ1n) is 5.28. The molecule has 1 N–H and O–H groups in total. The average molecular weight is 261 g/mol. The minimum atomic E-state index is -2.80. The lowest BCUT2D eigenvalue weighted by Crippen LogP contribution is -2.36. The Morgan fingerprint density at radius 3 is 2.65 bits per heavy atom. The van der Waals surface area contributed by atoms with Crippen LogP contribution < -0.4 is 10.1 Å². The van der Waals surface area contributed by atoms with Crippen LogP contribution in [0.15, 0.2) is 24.3 Å². The van der Waals surface area contributed by atoms with E-state index < -0.39 is 17.4 Å². The number of hydrogen-bond donors (Lipinski definition) is 1. The van der Waals surface area contributed by atoms with Crippen molar-refractivity contribution in [2.24, 2.45) is 0 Å². The zero-order valence-corrected chi connectivity index (χ0v) is 9.88. The van der Waals surface area contributed by atoms with Crippen LogP contribution in [0.5, 0.6) is 5.75 Å². The molecule has 1 aliphatic heterocycles. The molecule has 1 aliphatic rings. The van der Waals surface area contributed by atoms with Crippen LogP contribution >= 0.6 is 0 Å². The first kappa shape index (κ1) is 12.4. The Hall–Kier alpha value is -1.01. The van der Waals surface area contributed by atoms with Crippen molar-refractivity contribution in [3.63, 3.8) is 0 Å². The fourth-order valence-corrected chi connectivity index (χ4v) is 2.97. The van der Waals surface area contributed by atoms with Crippen LogP contribution in [0.25, 0.3) is 0 Å². The second-order valence-corrected chi connectivity index (χ2v) is 5.39. The van der Waals surface area contributed by atoms with Gasteiger partial charge in [0.15, 0.2) is 0 Å². The molecular formula is C11H13F2NO2S. The summed E-state index contributed by atoms with van der Waals surface area (Å²) in [5.74, 6) is 1.37. The van der Waals surface area contributed by atoms with Gasteiger partial charge < -0.3 is 10.1 Å². The topological polar surface area (TPSA) is 38.3 Å². The third-order valence-corrected chi connectivity index (χ3v) is 3.95. The van der Waals surface area contributed by atoms with Crippen molar-refractivity contribution in [1.82, 2.24) is 5.32 Å². The molecule has 0 aromatic heterocycles. The van der Waals surface area contributed by atoms with Gasteiger partial charge in [-0.25, -0.2) is 0 Å². The van der Waals surface area contributed by atoms with E-state index in [1.54, 1.807) is 12.1 Å². The van der Waals surface area contributed by atoms with E-state index in [1.165, 1.54) is 12.1 Å². The molecule has 1 heterocycles. The summed E-state index contributed by atoms with van der Waals surface area (Å²) in [4.78, 5) is 0. The largest absolute Gasteiger partial charge is 0.435 e. The van der Waals surface area contributed by atoms with Crippen molar-refractivity contribution in [2.45, 2.75) is 12.7 Å². The quantitative estimate of drug-likeness (QED) is 0.899. The highest BCUT2D eigenvalue weighted by atomic mass is 32.2. The molecule has 2 unspecified atom stereocenters. The summed E-state index contributed by atoms with van der Waals surface area (Å²) in [5.41, 5.74) is 0.944.